The Labute approximate surface area is 327 Å². The van der Waals surface area contributed by atoms with Gasteiger partial charge < -0.3 is 4.90 Å². The van der Waals surface area contributed by atoms with E-state index in [1.165, 1.54) is 90.2 Å². The number of rotatable bonds is 6. The van der Waals surface area contributed by atoms with Crippen LogP contribution in [0.3, 0.4) is 0 Å². The summed E-state index contributed by atoms with van der Waals surface area (Å²) >= 11 is 3.75. The first-order chi connectivity index (χ1) is 27.3. The molecule has 2 aromatic heterocycles. The molecule has 9 aromatic carbocycles. The third-order valence-electron chi connectivity index (χ3n) is 10.9. The van der Waals surface area contributed by atoms with E-state index in [4.69, 9.17) is 0 Å². The van der Waals surface area contributed by atoms with Crippen molar-refractivity contribution in [2.24, 2.45) is 0 Å². The summed E-state index contributed by atoms with van der Waals surface area (Å²) in [6.45, 7) is 0. The van der Waals surface area contributed by atoms with Gasteiger partial charge in [-0.3, -0.25) is 0 Å². The van der Waals surface area contributed by atoms with E-state index >= 15 is 0 Å². The molecule has 0 saturated heterocycles. The predicted molar refractivity (Wildman–Crippen MR) is 241 cm³/mol. The normalized spacial score (nSPS) is 11.6. The predicted octanol–water partition coefficient (Wildman–Crippen LogP) is 16.0. The van der Waals surface area contributed by atoms with Gasteiger partial charge in [-0.25, -0.2) is 0 Å². The van der Waals surface area contributed by atoms with Crippen molar-refractivity contribution < 1.29 is 0 Å². The third-order valence-corrected chi connectivity index (χ3v) is 13.2. The molecule has 11 aromatic rings. The molecule has 0 spiro atoms. The molecule has 0 unspecified atom stereocenters. The van der Waals surface area contributed by atoms with Gasteiger partial charge in [-0.15, -0.1) is 22.7 Å². The highest BCUT2D eigenvalue weighted by molar-refractivity contribution is 7.26. The molecule has 258 valence electrons. The summed E-state index contributed by atoms with van der Waals surface area (Å²) < 4.78 is 5.21. The largest absolute Gasteiger partial charge is 0.309 e. The molecule has 3 heteroatoms. The van der Waals surface area contributed by atoms with E-state index in [1.54, 1.807) is 0 Å². The summed E-state index contributed by atoms with van der Waals surface area (Å²) in [4.78, 5) is 2.50. The molecule has 0 radical (unpaired) electrons. The molecule has 0 fully saturated rings. The van der Waals surface area contributed by atoms with Gasteiger partial charge in [-0.2, -0.15) is 0 Å². The van der Waals surface area contributed by atoms with Gasteiger partial charge in [0.25, 0.3) is 0 Å². The topological polar surface area (TPSA) is 3.24 Å². The van der Waals surface area contributed by atoms with Gasteiger partial charge in [0.2, 0.25) is 0 Å². The highest BCUT2D eigenvalue weighted by atomic mass is 32.1. The van der Waals surface area contributed by atoms with Crippen molar-refractivity contribution in [3.05, 3.63) is 200 Å². The van der Waals surface area contributed by atoms with Crippen molar-refractivity contribution in [2.75, 3.05) is 4.90 Å². The number of hydrogen-bond acceptors (Lipinski definition) is 3. The molecule has 1 nitrogen and oxygen atoms in total. The standard InChI is InChI=1S/C52H33NS2/c1-2-20-39-34(14-1)15-11-24-40(39)37-18-9-16-35(32-37)36-17-10-19-38(33-36)53(47-28-13-31-50-51(47)45-23-5-8-30-49(45)54-50)46-27-6-3-21-41(46)43-25-12-26-44-42-22-4-7-29-48(42)55-52(43)44/h1-33H. The van der Waals surface area contributed by atoms with E-state index < -0.39 is 0 Å². The summed E-state index contributed by atoms with van der Waals surface area (Å²) in [5, 5.41) is 7.70. The number of benzene rings is 9. The molecule has 0 aliphatic carbocycles. The van der Waals surface area contributed by atoms with Crippen LogP contribution in [0.25, 0.3) is 84.5 Å². The molecular formula is C52H33NS2. The first-order valence-corrected chi connectivity index (χ1v) is 20.3. The van der Waals surface area contributed by atoms with Crippen LogP contribution in [0.2, 0.25) is 0 Å². The summed E-state index contributed by atoms with van der Waals surface area (Å²) in [6, 6.07) is 73.4. The SMILES string of the molecule is c1cc(-c2cccc(N(c3ccccc3-c3cccc4c3sc3ccccc34)c3cccc4sc5ccccc5c34)c2)cc(-c2cccc3ccccc23)c1. The molecule has 0 aliphatic heterocycles. The smallest absolute Gasteiger partial charge is 0.0555 e. The molecule has 2 heterocycles. The van der Waals surface area contributed by atoms with Gasteiger partial charge >= 0.3 is 0 Å². The minimum atomic E-state index is 1.12. The number of anilines is 3. The third kappa shape index (κ3) is 5.35. The van der Waals surface area contributed by atoms with Crippen LogP contribution < -0.4 is 4.90 Å². The average Bonchev–Trinajstić information content (AvgIpc) is 3.83. The maximum atomic E-state index is 2.50. The van der Waals surface area contributed by atoms with E-state index in [0.29, 0.717) is 0 Å². The zero-order valence-electron chi connectivity index (χ0n) is 29.8. The van der Waals surface area contributed by atoms with E-state index in [9.17, 15) is 0 Å². The van der Waals surface area contributed by atoms with Gasteiger partial charge in [-0.05, 0) is 81.6 Å². The lowest BCUT2D eigenvalue weighted by atomic mass is 9.95. The second-order valence-corrected chi connectivity index (χ2v) is 16.2. The molecule has 11 rings (SSSR count). The maximum Gasteiger partial charge on any atom is 0.0555 e. The lowest BCUT2D eigenvalue weighted by Crippen LogP contribution is -2.11. The number of thiophene rings is 2. The first-order valence-electron chi connectivity index (χ1n) is 18.7. The molecule has 55 heavy (non-hydrogen) atoms. The molecule has 0 N–H and O–H groups in total. The van der Waals surface area contributed by atoms with Crippen LogP contribution in [-0.2, 0) is 0 Å². The van der Waals surface area contributed by atoms with Gasteiger partial charge in [0.05, 0.1) is 11.4 Å². The van der Waals surface area contributed by atoms with Gasteiger partial charge in [0.15, 0.2) is 0 Å². The minimum absolute atomic E-state index is 1.12. The minimum Gasteiger partial charge on any atom is -0.309 e. The zero-order valence-corrected chi connectivity index (χ0v) is 31.4. The van der Waals surface area contributed by atoms with Crippen molar-refractivity contribution in [1.82, 2.24) is 0 Å². The monoisotopic (exact) mass is 735 g/mol. The Morgan fingerprint density at radius 3 is 1.80 bits per heavy atom. The van der Waals surface area contributed by atoms with Crippen LogP contribution in [0.4, 0.5) is 17.1 Å². The van der Waals surface area contributed by atoms with Crippen molar-refractivity contribution >= 4 is 90.9 Å². The van der Waals surface area contributed by atoms with E-state index in [0.717, 1.165) is 11.4 Å². The first kappa shape index (κ1) is 32.0. The van der Waals surface area contributed by atoms with Crippen LogP contribution in [0.15, 0.2) is 200 Å². The summed E-state index contributed by atoms with van der Waals surface area (Å²) in [7, 11) is 0. The number of fused-ring (bicyclic) bond motifs is 7. The van der Waals surface area contributed by atoms with E-state index in [1.807, 2.05) is 22.7 Å². The Hall–Kier alpha value is -6.52. The highest BCUT2D eigenvalue weighted by Crippen LogP contribution is 2.49. The van der Waals surface area contributed by atoms with Crippen LogP contribution >= 0.6 is 22.7 Å². The molecule has 0 amide bonds. The second-order valence-electron chi connectivity index (χ2n) is 14.0. The Morgan fingerprint density at radius 2 is 0.891 bits per heavy atom. The fourth-order valence-corrected chi connectivity index (χ4v) is 10.7. The lowest BCUT2D eigenvalue weighted by molar-refractivity contribution is 1.30. The van der Waals surface area contributed by atoms with Gasteiger partial charge in [0.1, 0.15) is 0 Å². The molecule has 0 bridgehead atoms. The number of nitrogens with zero attached hydrogens (tertiary/aromatic N) is 1. The summed E-state index contributed by atoms with van der Waals surface area (Å²) in [5.74, 6) is 0. The number of hydrogen-bond donors (Lipinski definition) is 0. The van der Waals surface area contributed by atoms with Crippen LogP contribution in [0, 0.1) is 0 Å². The Morgan fingerprint density at radius 1 is 0.327 bits per heavy atom. The Bertz CT molecular complexity index is 3230. The van der Waals surface area contributed by atoms with E-state index in [2.05, 4.69) is 205 Å². The van der Waals surface area contributed by atoms with Crippen molar-refractivity contribution in [3.8, 4) is 33.4 Å². The fourth-order valence-electron chi connectivity index (χ4n) is 8.37. The van der Waals surface area contributed by atoms with E-state index in [-0.39, 0.29) is 0 Å². The molecule has 0 atom stereocenters. The zero-order chi connectivity index (χ0) is 36.3. The highest BCUT2D eigenvalue weighted by Gasteiger charge is 2.23. The Balaban J connectivity index is 1.14. The molecule has 0 aliphatic rings. The quantitative estimate of drug-likeness (QED) is 0.164. The summed E-state index contributed by atoms with van der Waals surface area (Å²) in [6.07, 6.45) is 0. The van der Waals surface area contributed by atoms with Crippen LogP contribution in [0.1, 0.15) is 0 Å². The Kier molecular flexibility index (Phi) is 7.61. The summed E-state index contributed by atoms with van der Waals surface area (Å²) in [5.41, 5.74) is 10.7. The van der Waals surface area contributed by atoms with Gasteiger partial charge in [0, 0.05) is 57.2 Å². The fraction of sp³-hybridized carbons (Fsp3) is 0. The van der Waals surface area contributed by atoms with Crippen LogP contribution in [-0.4, -0.2) is 0 Å². The van der Waals surface area contributed by atoms with Crippen molar-refractivity contribution in [2.45, 2.75) is 0 Å². The average molecular weight is 736 g/mol. The number of para-hydroxylation sites is 1. The molecule has 0 saturated carbocycles. The van der Waals surface area contributed by atoms with Crippen molar-refractivity contribution in [3.63, 3.8) is 0 Å². The van der Waals surface area contributed by atoms with Crippen LogP contribution in [0.5, 0.6) is 0 Å². The second kappa shape index (κ2) is 13.1. The molecular weight excluding hydrogens is 703 g/mol. The lowest BCUT2D eigenvalue weighted by Gasteiger charge is -2.29. The van der Waals surface area contributed by atoms with Gasteiger partial charge in [-0.1, -0.05) is 152 Å². The van der Waals surface area contributed by atoms with Crippen molar-refractivity contribution in [1.29, 1.82) is 0 Å². The maximum absolute atomic E-state index is 2.50.